The van der Waals surface area contributed by atoms with E-state index in [4.69, 9.17) is 10.5 Å². The quantitative estimate of drug-likeness (QED) is 0.914. The highest BCUT2D eigenvalue weighted by Gasteiger charge is 2.33. The zero-order valence-electron chi connectivity index (χ0n) is 13.3. The molecule has 1 atom stereocenters. The van der Waals surface area contributed by atoms with Crippen LogP contribution in [-0.4, -0.2) is 31.1 Å². The molecule has 0 aromatic heterocycles. The Bertz CT molecular complexity index is 692. The number of hydrogen-bond donors (Lipinski definition) is 1. The van der Waals surface area contributed by atoms with Gasteiger partial charge in [0, 0.05) is 18.7 Å². The highest BCUT2D eigenvalue weighted by Crippen LogP contribution is 2.34. The van der Waals surface area contributed by atoms with E-state index >= 15 is 0 Å². The summed E-state index contributed by atoms with van der Waals surface area (Å²) in [5.74, 6) is 0.264. The van der Waals surface area contributed by atoms with Crippen LogP contribution in [0.2, 0.25) is 0 Å². The van der Waals surface area contributed by atoms with E-state index in [0.717, 1.165) is 35.8 Å². The van der Waals surface area contributed by atoms with Gasteiger partial charge in [0.15, 0.2) is 0 Å². The molecule has 2 aromatic rings. The molecule has 1 heterocycles. The number of ether oxygens (including phenoxy) is 1. The lowest BCUT2D eigenvalue weighted by Gasteiger charge is -2.24. The van der Waals surface area contributed by atoms with Crippen molar-refractivity contribution in [3.05, 3.63) is 42.0 Å². The molecule has 2 N–H and O–H groups in total. The maximum atomic E-state index is 12.7. The summed E-state index contributed by atoms with van der Waals surface area (Å²) in [4.78, 5) is 2.27. The molecule has 0 spiro atoms. The van der Waals surface area contributed by atoms with Crippen LogP contribution in [0.1, 0.15) is 18.9 Å². The Morgan fingerprint density at radius 2 is 2.04 bits per heavy atom. The fraction of sp³-hybridized carbons (Fsp3) is 0.444. The van der Waals surface area contributed by atoms with Gasteiger partial charge in [-0.3, -0.25) is 4.90 Å². The van der Waals surface area contributed by atoms with Crippen molar-refractivity contribution in [2.45, 2.75) is 26.5 Å². The third-order valence-corrected chi connectivity index (χ3v) is 4.73. The molecular formula is C18H22F2N2O. The maximum absolute atomic E-state index is 12.7. The number of benzene rings is 2. The summed E-state index contributed by atoms with van der Waals surface area (Å²) in [7, 11) is 0. The van der Waals surface area contributed by atoms with Gasteiger partial charge in [-0.05, 0) is 41.8 Å². The van der Waals surface area contributed by atoms with E-state index < -0.39 is 6.61 Å². The lowest BCUT2D eigenvalue weighted by molar-refractivity contribution is -0.0506. The predicted molar refractivity (Wildman–Crippen MR) is 87.6 cm³/mol. The average molecular weight is 320 g/mol. The summed E-state index contributed by atoms with van der Waals surface area (Å²) >= 11 is 0. The molecule has 0 amide bonds. The number of hydrogen-bond acceptors (Lipinski definition) is 3. The molecule has 1 aliphatic rings. The lowest BCUT2D eigenvalue weighted by Crippen LogP contribution is -2.31. The molecule has 124 valence electrons. The molecule has 0 aliphatic carbocycles. The summed E-state index contributed by atoms with van der Waals surface area (Å²) in [6, 6.07) is 11.3. The number of halogens is 2. The van der Waals surface area contributed by atoms with Crippen molar-refractivity contribution >= 4 is 10.8 Å². The number of nitrogens with zero attached hydrogens (tertiary/aromatic N) is 1. The maximum Gasteiger partial charge on any atom is 0.387 e. The first-order valence-corrected chi connectivity index (χ1v) is 7.89. The van der Waals surface area contributed by atoms with Crippen LogP contribution in [0, 0.1) is 5.41 Å². The number of likely N-dealkylation sites (tertiary alicyclic amines) is 1. The second-order valence-corrected chi connectivity index (χ2v) is 6.62. The lowest BCUT2D eigenvalue weighted by atomic mass is 9.90. The molecule has 0 bridgehead atoms. The summed E-state index contributed by atoms with van der Waals surface area (Å²) in [5.41, 5.74) is 6.79. The Labute approximate surface area is 135 Å². The first-order chi connectivity index (χ1) is 11.0. The van der Waals surface area contributed by atoms with Gasteiger partial charge in [-0.15, -0.1) is 0 Å². The van der Waals surface area contributed by atoms with Gasteiger partial charge in [-0.25, -0.2) is 0 Å². The summed E-state index contributed by atoms with van der Waals surface area (Å²) in [5, 5.41) is 2.00. The van der Waals surface area contributed by atoms with E-state index in [2.05, 4.69) is 11.8 Å². The largest absolute Gasteiger partial charge is 0.434 e. The fourth-order valence-corrected chi connectivity index (χ4v) is 3.34. The van der Waals surface area contributed by atoms with Gasteiger partial charge < -0.3 is 10.5 Å². The Morgan fingerprint density at radius 1 is 1.26 bits per heavy atom. The third kappa shape index (κ3) is 3.46. The number of alkyl halides is 2. The van der Waals surface area contributed by atoms with Crippen molar-refractivity contribution < 1.29 is 13.5 Å². The SMILES string of the molecule is CC1(CN)CCN(Cc2c(OC(F)F)ccc3ccccc23)C1. The summed E-state index contributed by atoms with van der Waals surface area (Å²) in [6.45, 7) is 2.39. The van der Waals surface area contributed by atoms with Gasteiger partial charge in [0.1, 0.15) is 5.75 Å². The van der Waals surface area contributed by atoms with Gasteiger partial charge in [-0.1, -0.05) is 37.3 Å². The fourth-order valence-electron chi connectivity index (χ4n) is 3.34. The highest BCUT2D eigenvalue weighted by atomic mass is 19.3. The molecule has 3 nitrogen and oxygen atoms in total. The van der Waals surface area contributed by atoms with E-state index in [1.165, 1.54) is 0 Å². The molecule has 3 rings (SSSR count). The van der Waals surface area contributed by atoms with E-state index in [9.17, 15) is 8.78 Å². The van der Waals surface area contributed by atoms with Gasteiger partial charge in [-0.2, -0.15) is 8.78 Å². The van der Waals surface area contributed by atoms with Crippen molar-refractivity contribution in [2.24, 2.45) is 11.1 Å². The van der Waals surface area contributed by atoms with Crippen molar-refractivity contribution in [3.8, 4) is 5.75 Å². The van der Waals surface area contributed by atoms with Crippen molar-refractivity contribution in [3.63, 3.8) is 0 Å². The van der Waals surface area contributed by atoms with E-state index in [1.54, 1.807) is 6.07 Å². The van der Waals surface area contributed by atoms with E-state index in [0.29, 0.717) is 13.1 Å². The van der Waals surface area contributed by atoms with Gasteiger partial charge in [0.05, 0.1) is 0 Å². The first kappa shape index (κ1) is 16.1. The predicted octanol–water partition coefficient (Wildman–Crippen LogP) is 3.61. The molecule has 5 heteroatoms. The number of rotatable bonds is 5. The number of nitrogens with two attached hydrogens (primary N) is 1. The monoisotopic (exact) mass is 320 g/mol. The van der Waals surface area contributed by atoms with Crippen LogP contribution in [0.5, 0.6) is 5.75 Å². The van der Waals surface area contributed by atoms with Gasteiger partial charge >= 0.3 is 6.61 Å². The summed E-state index contributed by atoms with van der Waals surface area (Å²) < 4.78 is 30.2. The van der Waals surface area contributed by atoms with Crippen molar-refractivity contribution in [2.75, 3.05) is 19.6 Å². The molecular weight excluding hydrogens is 298 g/mol. The number of fused-ring (bicyclic) bond motifs is 1. The second kappa shape index (κ2) is 6.42. The molecule has 23 heavy (non-hydrogen) atoms. The Hall–Kier alpha value is -1.72. The Morgan fingerprint density at radius 3 is 2.74 bits per heavy atom. The van der Waals surface area contributed by atoms with Crippen LogP contribution in [0.15, 0.2) is 36.4 Å². The molecule has 1 unspecified atom stereocenters. The van der Waals surface area contributed by atoms with E-state index in [-0.39, 0.29) is 11.2 Å². The van der Waals surface area contributed by atoms with Crippen molar-refractivity contribution in [1.29, 1.82) is 0 Å². The van der Waals surface area contributed by atoms with Gasteiger partial charge in [0.25, 0.3) is 0 Å². The van der Waals surface area contributed by atoms with Crippen molar-refractivity contribution in [1.82, 2.24) is 4.90 Å². The zero-order valence-corrected chi connectivity index (χ0v) is 13.3. The van der Waals surface area contributed by atoms with Crippen LogP contribution in [0.4, 0.5) is 8.78 Å². The minimum absolute atomic E-state index is 0.105. The zero-order chi connectivity index (χ0) is 16.4. The molecule has 1 aliphatic heterocycles. The highest BCUT2D eigenvalue weighted by molar-refractivity contribution is 5.87. The normalized spacial score (nSPS) is 22.1. The second-order valence-electron chi connectivity index (χ2n) is 6.62. The minimum Gasteiger partial charge on any atom is -0.434 e. The van der Waals surface area contributed by atoms with Crippen LogP contribution in [0.3, 0.4) is 0 Å². The summed E-state index contributed by atoms with van der Waals surface area (Å²) in [6.07, 6.45) is 1.03. The standard InChI is InChI=1S/C18H22F2N2O/c1-18(11-21)8-9-22(12-18)10-15-14-5-3-2-4-13(14)6-7-16(15)23-17(19)20/h2-7,17H,8-12,21H2,1H3. The molecule has 1 fully saturated rings. The van der Waals surface area contributed by atoms with Crippen LogP contribution >= 0.6 is 0 Å². The minimum atomic E-state index is -2.82. The Balaban J connectivity index is 1.94. The van der Waals surface area contributed by atoms with Crippen LogP contribution < -0.4 is 10.5 Å². The molecule has 2 aromatic carbocycles. The smallest absolute Gasteiger partial charge is 0.387 e. The third-order valence-electron chi connectivity index (χ3n) is 4.73. The average Bonchev–Trinajstić information content (AvgIpc) is 2.91. The Kier molecular flexibility index (Phi) is 4.50. The van der Waals surface area contributed by atoms with Gasteiger partial charge in [0.2, 0.25) is 0 Å². The molecule has 1 saturated heterocycles. The molecule has 0 radical (unpaired) electrons. The first-order valence-electron chi connectivity index (χ1n) is 7.89. The topological polar surface area (TPSA) is 38.5 Å². The van der Waals surface area contributed by atoms with E-state index in [1.807, 2.05) is 30.3 Å². The van der Waals surface area contributed by atoms with Crippen LogP contribution in [0.25, 0.3) is 10.8 Å². The van der Waals surface area contributed by atoms with Crippen LogP contribution in [-0.2, 0) is 6.54 Å². The molecule has 0 saturated carbocycles.